The van der Waals surface area contributed by atoms with Crippen LogP contribution in [0.3, 0.4) is 0 Å². The molecule has 1 atom stereocenters. The van der Waals surface area contributed by atoms with E-state index in [0.717, 1.165) is 5.56 Å². The molecule has 0 saturated carbocycles. The van der Waals surface area contributed by atoms with E-state index in [1.54, 1.807) is 48.3 Å². The Morgan fingerprint density at radius 1 is 1.04 bits per heavy atom. The molecular weight excluding hydrogens is 334 g/mol. The average molecular weight is 355 g/mol. The first kappa shape index (κ1) is 18.1. The SMILES string of the molecule is Cc1ccc(C(=O)N(C)c2ccc(OC(=O)C3COCCO3)cc2)cc1. The van der Waals surface area contributed by atoms with Crippen LogP contribution in [0.25, 0.3) is 0 Å². The summed E-state index contributed by atoms with van der Waals surface area (Å²) < 4.78 is 15.8. The van der Waals surface area contributed by atoms with Gasteiger partial charge in [0.05, 0.1) is 19.8 Å². The Bertz CT molecular complexity index is 764. The monoisotopic (exact) mass is 355 g/mol. The number of carbonyl (C=O) groups is 2. The van der Waals surface area contributed by atoms with E-state index in [1.807, 2.05) is 19.1 Å². The molecule has 1 heterocycles. The summed E-state index contributed by atoms with van der Waals surface area (Å²) in [5.41, 5.74) is 2.42. The highest BCUT2D eigenvalue weighted by molar-refractivity contribution is 6.05. The van der Waals surface area contributed by atoms with Gasteiger partial charge in [-0.2, -0.15) is 0 Å². The van der Waals surface area contributed by atoms with Crippen molar-refractivity contribution >= 4 is 17.6 Å². The van der Waals surface area contributed by atoms with E-state index in [-0.39, 0.29) is 12.5 Å². The second kappa shape index (κ2) is 8.12. The average Bonchev–Trinajstić information content (AvgIpc) is 2.69. The third-order valence-corrected chi connectivity index (χ3v) is 4.12. The van der Waals surface area contributed by atoms with Crippen molar-refractivity contribution in [3.05, 3.63) is 59.7 Å². The van der Waals surface area contributed by atoms with Gasteiger partial charge in [-0.05, 0) is 43.3 Å². The number of benzene rings is 2. The molecule has 2 aromatic carbocycles. The number of rotatable bonds is 4. The van der Waals surface area contributed by atoms with E-state index in [4.69, 9.17) is 14.2 Å². The minimum absolute atomic E-state index is 0.109. The minimum atomic E-state index is -0.700. The molecule has 1 amide bonds. The molecule has 2 aromatic rings. The Hall–Kier alpha value is -2.70. The Morgan fingerprint density at radius 2 is 1.73 bits per heavy atom. The molecule has 1 fully saturated rings. The third kappa shape index (κ3) is 4.28. The quantitative estimate of drug-likeness (QED) is 0.623. The minimum Gasteiger partial charge on any atom is -0.425 e. The Morgan fingerprint density at radius 3 is 2.35 bits per heavy atom. The molecule has 0 radical (unpaired) electrons. The largest absolute Gasteiger partial charge is 0.425 e. The summed E-state index contributed by atoms with van der Waals surface area (Å²) in [4.78, 5) is 26.1. The molecule has 1 aliphatic heterocycles. The number of anilines is 1. The molecule has 0 aliphatic carbocycles. The summed E-state index contributed by atoms with van der Waals surface area (Å²) in [6.07, 6.45) is -0.700. The van der Waals surface area contributed by atoms with Gasteiger partial charge >= 0.3 is 5.97 Å². The van der Waals surface area contributed by atoms with Crippen LogP contribution in [0.2, 0.25) is 0 Å². The maximum absolute atomic E-state index is 12.5. The zero-order chi connectivity index (χ0) is 18.5. The Labute approximate surface area is 152 Å². The predicted octanol–water partition coefficient (Wildman–Crippen LogP) is 2.59. The van der Waals surface area contributed by atoms with Crippen molar-refractivity contribution < 1.29 is 23.8 Å². The molecule has 0 N–H and O–H groups in total. The summed E-state index contributed by atoms with van der Waals surface area (Å²) in [6, 6.07) is 14.2. The van der Waals surface area contributed by atoms with Crippen LogP contribution in [0.5, 0.6) is 5.75 Å². The first-order chi connectivity index (χ1) is 12.5. The van der Waals surface area contributed by atoms with E-state index < -0.39 is 12.1 Å². The smallest absolute Gasteiger partial charge is 0.343 e. The van der Waals surface area contributed by atoms with Crippen LogP contribution in [0.4, 0.5) is 5.69 Å². The van der Waals surface area contributed by atoms with Gasteiger partial charge in [-0.15, -0.1) is 0 Å². The Kier molecular flexibility index (Phi) is 5.65. The molecule has 26 heavy (non-hydrogen) atoms. The normalized spacial score (nSPS) is 16.8. The molecule has 0 spiro atoms. The second-order valence-electron chi connectivity index (χ2n) is 6.08. The van der Waals surface area contributed by atoms with Gasteiger partial charge in [-0.25, -0.2) is 4.79 Å². The van der Waals surface area contributed by atoms with Gasteiger partial charge in [0, 0.05) is 18.3 Å². The highest BCUT2D eigenvalue weighted by Gasteiger charge is 2.24. The van der Waals surface area contributed by atoms with Crippen LogP contribution in [-0.2, 0) is 14.3 Å². The van der Waals surface area contributed by atoms with E-state index in [0.29, 0.717) is 30.2 Å². The molecule has 6 heteroatoms. The van der Waals surface area contributed by atoms with Crippen molar-refractivity contribution in [2.24, 2.45) is 0 Å². The molecule has 0 bridgehead atoms. The number of amides is 1. The molecule has 3 rings (SSSR count). The molecule has 1 saturated heterocycles. The van der Waals surface area contributed by atoms with Crippen molar-refractivity contribution in [2.75, 3.05) is 31.8 Å². The molecule has 0 aromatic heterocycles. The van der Waals surface area contributed by atoms with Crippen LogP contribution < -0.4 is 9.64 Å². The zero-order valence-electron chi connectivity index (χ0n) is 14.8. The van der Waals surface area contributed by atoms with Gasteiger partial charge < -0.3 is 19.1 Å². The van der Waals surface area contributed by atoms with Crippen molar-refractivity contribution in [1.29, 1.82) is 0 Å². The molecule has 136 valence electrons. The number of ether oxygens (including phenoxy) is 3. The van der Waals surface area contributed by atoms with Crippen molar-refractivity contribution in [2.45, 2.75) is 13.0 Å². The molecule has 1 unspecified atom stereocenters. The van der Waals surface area contributed by atoms with Crippen LogP contribution in [0, 0.1) is 6.92 Å². The van der Waals surface area contributed by atoms with Crippen molar-refractivity contribution in [3.8, 4) is 5.75 Å². The van der Waals surface area contributed by atoms with E-state index in [9.17, 15) is 9.59 Å². The van der Waals surface area contributed by atoms with Gasteiger partial charge in [0.1, 0.15) is 5.75 Å². The van der Waals surface area contributed by atoms with Gasteiger partial charge in [0.15, 0.2) is 6.10 Å². The second-order valence-corrected chi connectivity index (χ2v) is 6.08. The molecular formula is C20H21NO5. The third-order valence-electron chi connectivity index (χ3n) is 4.12. The number of hydrogen-bond acceptors (Lipinski definition) is 5. The van der Waals surface area contributed by atoms with Crippen molar-refractivity contribution in [1.82, 2.24) is 0 Å². The predicted molar refractivity (Wildman–Crippen MR) is 96.5 cm³/mol. The Balaban J connectivity index is 1.63. The molecule has 6 nitrogen and oxygen atoms in total. The summed E-state index contributed by atoms with van der Waals surface area (Å²) in [7, 11) is 1.70. The lowest BCUT2D eigenvalue weighted by atomic mass is 10.1. The van der Waals surface area contributed by atoms with Crippen LogP contribution in [-0.4, -0.2) is 44.8 Å². The summed E-state index contributed by atoms with van der Waals surface area (Å²) in [6.45, 7) is 3.04. The van der Waals surface area contributed by atoms with E-state index in [1.165, 1.54) is 0 Å². The fraction of sp³-hybridized carbons (Fsp3) is 0.300. The maximum atomic E-state index is 12.5. The number of esters is 1. The first-order valence-corrected chi connectivity index (χ1v) is 8.40. The lowest BCUT2D eigenvalue weighted by Gasteiger charge is -2.21. The topological polar surface area (TPSA) is 65.1 Å². The first-order valence-electron chi connectivity index (χ1n) is 8.40. The van der Waals surface area contributed by atoms with Gasteiger partial charge in [0.25, 0.3) is 5.91 Å². The summed E-state index contributed by atoms with van der Waals surface area (Å²) in [5, 5.41) is 0. The lowest BCUT2D eigenvalue weighted by Crippen LogP contribution is -2.38. The number of carbonyl (C=O) groups excluding carboxylic acids is 2. The standard InChI is InChI=1S/C20H21NO5/c1-14-3-5-15(6-4-14)19(22)21(2)16-7-9-17(10-8-16)26-20(23)18-13-24-11-12-25-18/h3-10,18H,11-13H2,1-2H3. The van der Waals surface area contributed by atoms with Crippen LogP contribution >= 0.6 is 0 Å². The highest BCUT2D eigenvalue weighted by atomic mass is 16.6. The molecule has 1 aliphatic rings. The van der Waals surface area contributed by atoms with Gasteiger partial charge in [-0.1, -0.05) is 17.7 Å². The zero-order valence-corrected chi connectivity index (χ0v) is 14.8. The van der Waals surface area contributed by atoms with Crippen LogP contribution in [0.1, 0.15) is 15.9 Å². The van der Waals surface area contributed by atoms with Crippen molar-refractivity contribution in [3.63, 3.8) is 0 Å². The summed E-state index contributed by atoms with van der Waals surface area (Å²) in [5.74, 6) is -0.201. The highest BCUT2D eigenvalue weighted by Crippen LogP contribution is 2.21. The lowest BCUT2D eigenvalue weighted by molar-refractivity contribution is -0.161. The van der Waals surface area contributed by atoms with E-state index >= 15 is 0 Å². The fourth-order valence-electron chi connectivity index (χ4n) is 2.55. The number of hydrogen-bond donors (Lipinski definition) is 0. The number of nitrogens with zero attached hydrogens (tertiary/aromatic N) is 1. The number of aryl methyl sites for hydroxylation is 1. The van der Waals surface area contributed by atoms with E-state index in [2.05, 4.69) is 0 Å². The van der Waals surface area contributed by atoms with Gasteiger partial charge in [0.2, 0.25) is 0 Å². The maximum Gasteiger partial charge on any atom is 0.343 e. The van der Waals surface area contributed by atoms with Gasteiger partial charge in [-0.3, -0.25) is 4.79 Å². The fourth-order valence-corrected chi connectivity index (χ4v) is 2.55. The summed E-state index contributed by atoms with van der Waals surface area (Å²) >= 11 is 0. The van der Waals surface area contributed by atoms with Crippen LogP contribution in [0.15, 0.2) is 48.5 Å².